The summed E-state index contributed by atoms with van der Waals surface area (Å²) >= 11 is 6.03. The third-order valence-corrected chi connectivity index (χ3v) is 3.67. The number of carbonyl (C=O) groups is 1. The Balaban J connectivity index is 0.00000208. The minimum Gasteiger partial charge on any atom is -0.370 e. The third kappa shape index (κ3) is 3.67. The number of benzene rings is 1. The van der Waals surface area contributed by atoms with Crippen LogP contribution >= 0.6 is 24.0 Å². The molecule has 8 heteroatoms. The SMILES string of the molecule is Cl.N=C(N)NC(=O)c1cc2cc(Cl)ccc2n1Cc1ccncc1. The summed E-state index contributed by atoms with van der Waals surface area (Å²) in [4.78, 5) is 16.3. The summed E-state index contributed by atoms with van der Waals surface area (Å²) in [6.07, 6.45) is 3.40. The summed E-state index contributed by atoms with van der Waals surface area (Å²) < 4.78 is 1.86. The molecule has 2 aromatic heterocycles. The van der Waals surface area contributed by atoms with E-state index in [1.807, 2.05) is 22.8 Å². The van der Waals surface area contributed by atoms with Gasteiger partial charge >= 0.3 is 0 Å². The van der Waals surface area contributed by atoms with Gasteiger partial charge in [-0.1, -0.05) is 11.6 Å². The summed E-state index contributed by atoms with van der Waals surface area (Å²) in [6, 6.07) is 10.9. The largest absolute Gasteiger partial charge is 0.370 e. The van der Waals surface area contributed by atoms with Crippen molar-refractivity contribution in [1.29, 1.82) is 5.41 Å². The molecule has 3 aromatic rings. The summed E-state index contributed by atoms with van der Waals surface area (Å²) in [5.74, 6) is -0.826. The zero-order valence-electron chi connectivity index (χ0n) is 12.5. The molecule has 0 saturated heterocycles. The number of rotatable bonds is 3. The highest BCUT2D eigenvalue weighted by Crippen LogP contribution is 2.24. The number of guanidine groups is 1. The van der Waals surface area contributed by atoms with E-state index in [-0.39, 0.29) is 12.4 Å². The van der Waals surface area contributed by atoms with E-state index >= 15 is 0 Å². The topological polar surface area (TPSA) is 96.8 Å². The van der Waals surface area contributed by atoms with Gasteiger partial charge in [-0.2, -0.15) is 0 Å². The lowest BCUT2D eigenvalue weighted by Crippen LogP contribution is -2.36. The second-order valence-corrected chi connectivity index (χ2v) is 5.48. The monoisotopic (exact) mass is 363 g/mol. The van der Waals surface area contributed by atoms with Crippen molar-refractivity contribution in [3.63, 3.8) is 0 Å². The maximum Gasteiger partial charge on any atom is 0.274 e. The molecule has 6 nitrogen and oxygen atoms in total. The van der Waals surface area contributed by atoms with Gasteiger partial charge in [-0.25, -0.2) is 0 Å². The molecular weight excluding hydrogens is 349 g/mol. The van der Waals surface area contributed by atoms with E-state index in [1.54, 1.807) is 30.6 Å². The van der Waals surface area contributed by atoms with Crippen molar-refractivity contribution in [2.75, 3.05) is 0 Å². The van der Waals surface area contributed by atoms with Crippen LogP contribution in [0.5, 0.6) is 0 Å². The number of carbonyl (C=O) groups excluding carboxylic acids is 1. The van der Waals surface area contributed by atoms with Crippen molar-refractivity contribution in [3.05, 3.63) is 65.1 Å². The van der Waals surface area contributed by atoms with Crippen LogP contribution in [0, 0.1) is 5.41 Å². The van der Waals surface area contributed by atoms with Crippen LogP contribution in [0.25, 0.3) is 10.9 Å². The second-order valence-electron chi connectivity index (χ2n) is 5.04. The predicted molar refractivity (Wildman–Crippen MR) is 96.9 cm³/mol. The summed E-state index contributed by atoms with van der Waals surface area (Å²) in [5, 5.41) is 11.0. The van der Waals surface area contributed by atoms with Gasteiger partial charge in [0.25, 0.3) is 5.91 Å². The average Bonchev–Trinajstić information content (AvgIpc) is 2.85. The molecule has 0 radical (unpaired) electrons. The Morgan fingerprint density at radius 3 is 2.62 bits per heavy atom. The molecule has 24 heavy (non-hydrogen) atoms. The van der Waals surface area contributed by atoms with Crippen molar-refractivity contribution in [1.82, 2.24) is 14.9 Å². The summed E-state index contributed by atoms with van der Waals surface area (Å²) in [5.41, 5.74) is 7.55. The van der Waals surface area contributed by atoms with Gasteiger partial charge in [0.1, 0.15) is 5.69 Å². The van der Waals surface area contributed by atoms with Crippen molar-refractivity contribution in [2.45, 2.75) is 6.54 Å². The van der Waals surface area contributed by atoms with E-state index < -0.39 is 11.9 Å². The van der Waals surface area contributed by atoms with Gasteiger partial charge in [-0.3, -0.25) is 20.5 Å². The van der Waals surface area contributed by atoms with Crippen molar-refractivity contribution < 1.29 is 4.79 Å². The first-order valence-electron chi connectivity index (χ1n) is 6.87. The van der Waals surface area contributed by atoms with Gasteiger partial charge < -0.3 is 10.3 Å². The zero-order chi connectivity index (χ0) is 16.4. The first-order chi connectivity index (χ1) is 11.0. The van der Waals surface area contributed by atoms with E-state index in [0.717, 1.165) is 16.5 Å². The number of pyridine rings is 1. The fourth-order valence-electron chi connectivity index (χ4n) is 2.46. The Labute approximate surface area is 149 Å². The van der Waals surface area contributed by atoms with Gasteiger partial charge in [-0.05, 0) is 42.0 Å². The normalized spacial score (nSPS) is 10.2. The highest BCUT2D eigenvalue weighted by atomic mass is 35.5. The Hall–Kier alpha value is -2.57. The van der Waals surface area contributed by atoms with Gasteiger partial charge in [0.2, 0.25) is 0 Å². The molecule has 124 valence electrons. The molecule has 1 aromatic carbocycles. The van der Waals surface area contributed by atoms with Crippen LogP contribution < -0.4 is 11.1 Å². The zero-order valence-corrected chi connectivity index (χ0v) is 14.1. The molecule has 0 spiro atoms. The highest BCUT2D eigenvalue weighted by molar-refractivity contribution is 6.31. The van der Waals surface area contributed by atoms with Crippen LogP contribution in [0.15, 0.2) is 48.8 Å². The molecule has 0 aliphatic carbocycles. The van der Waals surface area contributed by atoms with Crippen molar-refractivity contribution in [2.24, 2.45) is 5.73 Å². The number of hydrogen-bond acceptors (Lipinski definition) is 3. The maximum atomic E-state index is 12.3. The molecule has 0 saturated carbocycles. The van der Waals surface area contributed by atoms with E-state index in [2.05, 4.69) is 10.3 Å². The molecule has 2 heterocycles. The number of aromatic nitrogens is 2. The molecule has 0 fully saturated rings. The quantitative estimate of drug-likeness (QED) is 0.492. The second kappa shape index (κ2) is 7.33. The number of halogens is 2. The lowest BCUT2D eigenvalue weighted by molar-refractivity contribution is 0.0968. The van der Waals surface area contributed by atoms with E-state index in [4.69, 9.17) is 22.7 Å². The van der Waals surface area contributed by atoms with E-state index in [1.165, 1.54) is 0 Å². The molecule has 3 rings (SSSR count). The molecule has 0 aliphatic rings. The minimum absolute atomic E-state index is 0. The summed E-state index contributed by atoms with van der Waals surface area (Å²) in [7, 11) is 0. The summed E-state index contributed by atoms with van der Waals surface area (Å²) in [6.45, 7) is 0.494. The number of nitrogens with two attached hydrogens (primary N) is 1. The number of nitrogens with zero attached hydrogens (tertiary/aromatic N) is 2. The smallest absolute Gasteiger partial charge is 0.274 e. The Morgan fingerprint density at radius 2 is 1.96 bits per heavy atom. The maximum absolute atomic E-state index is 12.3. The van der Waals surface area contributed by atoms with Crippen LogP contribution in [0.2, 0.25) is 5.02 Å². The molecular formula is C16H15Cl2N5O. The number of nitrogens with one attached hydrogen (secondary N) is 2. The Morgan fingerprint density at radius 1 is 1.25 bits per heavy atom. The highest BCUT2D eigenvalue weighted by Gasteiger charge is 2.16. The average molecular weight is 364 g/mol. The van der Waals surface area contributed by atoms with Crippen LogP contribution in [0.4, 0.5) is 0 Å². The van der Waals surface area contributed by atoms with Gasteiger partial charge in [-0.15, -0.1) is 12.4 Å². The first kappa shape index (κ1) is 17.8. The lowest BCUT2D eigenvalue weighted by Gasteiger charge is -2.10. The van der Waals surface area contributed by atoms with Crippen molar-refractivity contribution >= 4 is 46.8 Å². The van der Waals surface area contributed by atoms with Gasteiger partial charge in [0, 0.05) is 34.9 Å². The Kier molecular flexibility index (Phi) is 5.43. The molecule has 1 amide bonds. The fraction of sp³-hybridized carbons (Fsp3) is 0.0625. The standard InChI is InChI=1S/C16H14ClN5O.ClH/c17-12-1-2-13-11(7-12)8-14(15(23)21-16(18)19)22(13)9-10-3-5-20-6-4-10;/h1-8H,9H2,(H4,18,19,21,23);1H. The molecule has 0 aliphatic heterocycles. The number of hydrogen-bond donors (Lipinski definition) is 3. The molecule has 0 bridgehead atoms. The van der Waals surface area contributed by atoms with Crippen LogP contribution in [0.3, 0.4) is 0 Å². The van der Waals surface area contributed by atoms with Gasteiger partial charge in [0.05, 0.1) is 0 Å². The number of amides is 1. The fourth-order valence-corrected chi connectivity index (χ4v) is 2.64. The minimum atomic E-state index is -0.432. The van der Waals surface area contributed by atoms with Crippen LogP contribution in [0.1, 0.15) is 16.1 Å². The van der Waals surface area contributed by atoms with Gasteiger partial charge in [0.15, 0.2) is 5.96 Å². The number of fused-ring (bicyclic) bond motifs is 1. The van der Waals surface area contributed by atoms with Crippen LogP contribution in [-0.4, -0.2) is 21.4 Å². The van der Waals surface area contributed by atoms with Crippen molar-refractivity contribution in [3.8, 4) is 0 Å². The third-order valence-electron chi connectivity index (χ3n) is 3.43. The molecule has 0 atom stereocenters. The van der Waals surface area contributed by atoms with E-state index in [0.29, 0.717) is 17.3 Å². The lowest BCUT2D eigenvalue weighted by atomic mass is 10.2. The predicted octanol–water partition coefficient (Wildman–Crippen LogP) is 2.78. The van der Waals surface area contributed by atoms with Crippen LogP contribution in [-0.2, 0) is 6.54 Å². The first-order valence-corrected chi connectivity index (χ1v) is 7.25. The molecule has 0 unspecified atom stereocenters. The van der Waals surface area contributed by atoms with E-state index in [9.17, 15) is 4.79 Å². The molecule has 4 N–H and O–H groups in total. The Bertz CT molecular complexity index is 892.